The van der Waals surface area contributed by atoms with Gasteiger partial charge in [-0.05, 0) is 62.7 Å². The summed E-state index contributed by atoms with van der Waals surface area (Å²) in [4.78, 5) is 21.5. The molecule has 2 aromatic carbocycles. The molecule has 37 heavy (non-hydrogen) atoms. The van der Waals surface area contributed by atoms with Crippen LogP contribution in [0.1, 0.15) is 35.6 Å². The molecular weight excluding hydrogens is 496 g/mol. The molecule has 0 saturated carbocycles. The number of nitrogens with zero attached hydrogens (tertiary/aromatic N) is 4. The molecule has 1 aliphatic heterocycles. The first-order valence-electron chi connectivity index (χ1n) is 11.9. The maximum absolute atomic E-state index is 13.8. The van der Waals surface area contributed by atoms with E-state index in [-0.39, 0.29) is 23.9 Å². The summed E-state index contributed by atoms with van der Waals surface area (Å²) in [6.45, 7) is 1.98. The van der Waals surface area contributed by atoms with Crippen LogP contribution in [0.25, 0.3) is 0 Å². The Morgan fingerprint density at radius 3 is 2.59 bits per heavy atom. The van der Waals surface area contributed by atoms with Crippen molar-refractivity contribution in [1.29, 1.82) is 5.26 Å². The van der Waals surface area contributed by atoms with Crippen molar-refractivity contribution in [3.8, 4) is 6.07 Å². The van der Waals surface area contributed by atoms with Crippen LogP contribution in [0, 0.1) is 23.0 Å². The molecule has 10 heteroatoms. The van der Waals surface area contributed by atoms with Gasteiger partial charge in [-0.1, -0.05) is 24.3 Å². The maximum Gasteiger partial charge on any atom is 0.245 e. The first-order chi connectivity index (χ1) is 17.9. The lowest BCUT2D eigenvalue weighted by Crippen LogP contribution is -2.40. The minimum absolute atomic E-state index is 0.138. The SMILES string of the molecule is CN1CCC(c2ccc(CN(C(=O)CN[S+]([O-])c3cc(F)c(F)c(C#N)c3)c3ccccc3)nc2)CC1. The van der Waals surface area contributed by atoms with Crippen LogP contribution < -0.4 is 9.62 Å². The van der Waals surface area contributed by atoms with E-state index in [9.17, 15) is 18.1 Å². The first-order valence-corrected chi connectivity index (χ1v) is 13.0. The fraction of sp³-hybridized carbons (Fsp3) is 0.296. The number of para-hydroxylation sites is 1. The molecule has 1 unspecified atom stereocenters. The van der Waals surface area contributed by atoms with E-state index in [1.165, 1.54) is 16.5 Å². The number of carbonyl (C=O) groups is 1. The molecule has 192 valence electrons. The Hall–Kier alpha value is -3.36. The van der Waals surface area contributed by atoms with Gasteiger partial charge in [-0.25, -0.2) is 8.78 Å². The number of pyridine rings is 1. The Bertz CT molecular complexity index is 1260. The number of hydrogen-bond acceptors (Lipinski definition) is 6. The van der Waals surface area contributed by atoms with Crippen LogP contribution in [0.2, 0.25) is 0 Å². The van der Waals surface area contributed by atoms with Crippen LogP contribution in [0.15, 0.2) is 65.7 Å². The van der Waals surface area contributed by atoms with E-state index in [4.69, 9.17) is 5.26 Å². The average Bonchev–Trinajstić information content (AvgIpc) is 2.93. The van der Waals surface area contributed by atoms with Crippen molar-refractivity contribution in [3.05, 3.63) is 89.2 Å². The third-order valence-corrected chi connectivity index (χ3v) is 7.49. The van der Waals surface area contributed by atoms with E-state index in [2.05, 4.69) is 27.7 Å². The standard InChI is InChI=1S/C27H27F2N5O2S/c1-33-11-9-19(10-12-33)20-7-8-22(31-16-20)18-34(23-5-3-2-4-6-23)26(35)17-32-37(36)24-13-21(15-30)27(29)25(28)14-24/h2-8,13-14,16,19,32H,9-12,17-18H2,1H3. The molecule has 7 nitrogen and oxygen atoms in total. The number of nitrogens with one attached hydrogen (secondary N) is 1. The van der Waals surface area contributed by atoms with Gasteiger partial charge in [-0.2, -0.15) is 5.26 Å². The lowest BCUT2D eigenvalue weighted by atomic mass is 9.90. The van der Waals surface area contributed by atoms with E-state index in [0.29, 0.717) is 17.3 Å². The smallest absolute Gasteiger partial charge is 0.245 e. The summed E-state index contributed by atoms with van der Waals surface area (Å²) in [6, 6.07) is 16.3. The number of anilines is 1. The van der Waals surface area contributed by atoms with Crippen molar-refractivity contribution in [2.45, 2.75) is 30.2 Å². The van der Waals surface area contributed by atoms with Crippen LogP contribution in [-0.4, -0.2) is 47.0 Å². The number of carbonyl (C=O) groups excluding carboxylic acids is 1. The van der Waals surface area contributed by atoms with E-state index in [1.54, 1.807) is 12.1 Å². The molecule has 0 aliphatic carbocycles. The molecule has 0 bridgehead atoms. The summed E-state index contributed by atoms with van der Waals surface area (Å²) in [7, 11) is 2.12. The van der Waals surface area contributed by atoms with Crippen molar-refractivity contribution < 1.29 is 18.1 Å². The monoisotopic (exact) mass is 523 g/mol. The van der Waals surface area contributed by atoms with Crippen LogP contribution in [0.3, 0.4) is 0 Å². The molecule has 1 amide bonds. The molecule has 1 fully saturated rings. The van der Waals surface area contributed by atoms with Gasteiger partial charge < -0.3 is 14.4 Å². The Labute approximate surface area is 218 Å². The first kappa shape index (κ1) is 26.7. The number of aromatic nitrogens is 1. The molecule has 0 radical (unpaired) electrons. The molecule has 3 aromatic rings. The van der Waals surface area contributed by atoms with E-state index >= 15 is 0 Å². The highest BCUT2D eigenvalue weighted by Crippen LogP contribution is 2.27. The molecule has 0 spiro atoms. The summed E-state index contributed by atoms with van der Waals surface area (Å²) in [5.74, 6) is -2.49. The van der Waals surface area contributed by atoms with Crippen molar-refractivity contribution in [3.63, 3.8) is 0 Å². The zero-order valence-electron chi connectivity index (χ0n) is 20.4. The third kappa shape index (κ3) is 6.70. The topological polar surface area (TPSA) is 95.3 Å². The van der Waals surface area contributed by atoms with Gasteiger partial charge in [0.15, 0.2) is 16.5 Å². The van der Waals surface area contributed by atoms with Crippen molar-refractivity contribution in [2.24, 2.45) is 0 Å². The number of amides is 1. The largest absolute Gasteiger partial charge is 0.593 e. The predicted octanol–water partition coefficient (Wildman–Crippen LogP) is 3.89. The summed E-state index contributed by atoms with van der Waals surface area (Å²) in [5, 5.41) is 8.96. The number of benzene rings is 2. The van der Waals surface area contributed by atoms with Gasteiger partial charge in [0.2, 0.25) is 5.91 Å². The second kappa shape index (κ2) is 12.3. The highest BCUT2D eigenvalue weighted by atomic mass is 32.2. The second-order valence-corrected chi connectivity index (χ2v) is 10.2. The summed E-state index contributed by atoms with van der Waals surface area (Å²) in [6.07, 6.45) is 4.05. The fourth-order valence-electron chi connectivity index (χ4n) is 4.26. The van der Waals surface area contributed by atoms with Crippen LogP contribution in [0.5, 0.6) is 0 Å². The molecule has 1 N–H and O–H groups in total. The quantitative estimate of drug-likeness (QED) is 0.450. The van der Waals surface area contributed by atoms with Gasteiger partial charge >= 0.3 is 0 Å². The van der Waals surface area contributed by atoms with Gasteiger partial charge in [0.1, 0.15) is 12.6 Å². The maximum atomic E-state index is 13.8. The Kier molecular flexibility index (Phi) is 8.84. The molecular formula is C27H27F2N5O2S. The van der Waals surface area contributed by atoms with Crippen molar-refractivity contribution >= 4 is 23.0 Å². The highest BCUT2D eigenvalue weighted by Gasteiger charge is 2.23. The minimum atomic E-state index is -2.04. The van der Waals surface area contributed by atoms with Gasteiger partial charge in [-0.3, -0.25) is 9.78 Å². The second-order valence-electron chi connectivity index (χ2n) is 8.94. The number of hydrogen-bond donors (Lipinski definition) is 1. The number of likely N-dealkylation sites (tertiary alicyclic amines) is 1. The lowest BCUT2D eigenvalue weighted by molar-refractivity contribution is -0.117. The number of piperidine rings is 1. The number of rotatable bonds is 8. The van der Waals surface area contributed by atoms with Crippen molar-refractivity contribution in [2.75, 3.05) is 31.6 Å². The molecule has 1 aliphatic rings. The van der Waals surface area contributed by atoms with Crippen LogP contribution >= 0.6 is 0 Å². The molecule has 1 atom stereocenters. The minimum Gasteiger partial charge on any atom is -0.593 e. The summed E-state index contributed by atoms with van der Waals surface area (Å²) >= 11 is -2.04. The predicted molar refractivity (Wildman–Crippen MR) is 137 cm³/mol. The van der Waals surface area contributed by atoms with E-state index in [0.717, 1.165) is 38.1 Å². The molecule has 4 rings (SSSR count). The number of nitriles is 1. The van der Waals surface area contributed by atoms with Crippen molar-refractivity contribution in [1.82, 2.24) is 14.6 Å². The summed E-state index contributed by atoms with van der Waals surface area (Å²) in [5.41, 5.74) is 1.97. The summed E-state index contributed by atoms with van der Waals surface area (Å²) < 4.78 is 42.6. The van der Waals surface area contributed by atoms with E-state index < -0.39 is 28.6 Å². The lowest BCUT2D eigenvalue weighted by Gasteiger charge is -2.29. The molecule has 2 heterocycles. The van der Waals surface area contributed by atoms with Gasteiger partial charge in [0.05, 0.1) is 29.2 Å². The van der Waals surface area contributed by atoms with Crippen LogP contribution in [-0.2, 0) is 22.7 Å². The molecule has 1 aromatic heterocycles. The number of halogens is 2. The van der Waals surface area contributed by atoms with Gasteiger partial charge in [0.25, 0.3) is 0 Å². The fourth-order valence-corrected chi connectivity index (χ4v) is 5.12. The highest BCUT2D eigenvalue weighted by molar-refractivity contribution is 7.89. The zero-order chi connectivity index (χ0) is 26.4. The Morgan fingerprint density at radius 1 is 1.22 bits per heavy atom. The molecule has 1 saturated heterocycles. The average molecular weight is 524 g/mol. The Balaban J connectivity index is 1.45. The van der Waals surface area contributed by atoms with Gasteiger partial charge in [-0.15, -0.1) is 4.72 Å². The van der Waals surface area contributed by atoms with Gasteiger partial charge in [0, 0.05) is 24.0 Å². The third-order valence-electron chi connectivity index (χ3n) is 6.42. The Morgan fingerprint density at radius 2 is 1.95 bits per heavy atom. The normalized spacial score (nSPS) is 15.2. The zero-order valence-corrected chi connectivity index (χ0v) is 21.2. The van der Waals surface area contributed by atoms with Crippen LogP contribution in [0.4, 0.5) is 14.5 Å². The van der Waals surface area contributed by atoms with E-state index in [1.807, 2.05) is 30.5 Å².